The van der Waals surface area contributed by atoms with Gasteiger partial charge in [-0.15, -0.1) is 0 Å². The van der Waals surface area contributed by atoms with Crippen LogP contribution in [0.4, 0.5) is 5.69 Å². The SMILES string of the molecule is CC1CCCC(OCc2cccc(NC(=O)CO)c2)C1. The van der Waals surface area contributed by atoms with E-state index in [0.29, 0.717) is 18.4 Å². The van der Waals surface area contributed by atoms with Crippen molar-refractivity contribution in [2.24, 2.45) is 5.92 Å². The molecule has 1 aliphatic rings. The maximum absolute atomic E-state index is 11.1. The quantitative estimate of drug-likeness (QED) is 0.870. The fourth-order valence-corrected chi connectivity index (χ4v) is 2.68. The van der Waals surface area contributed by atoms with Crippen molar-refractivity contribution in [2.45, 2.75) is 45.3 Å². The first-order valence-corrected chi connectivity index (χ1v) is 7.28. The summed E-state index contributed by atoms with van der Waals surface area (Å²) in [5.41, 5.74) is 1.74. The molecule has 0 spiro atoms. The molecule has 0 saturated heterocycles. The van der Waals surface area contributed by atoms with Gasteiger partial charge in [-0.2, -0.15) is 0 Å². The van der Waals surface area contributed by atoms with Crippen molar-refractivity contribution in [3.63, 3.8) is 0 Å². The third kappa shape index (κ3) is 4.62. The Morgan fingerprint density at radius 1 is 1.45 bits per heavy atom. The lowest BCUT2D eigenvalue weighted by Gasteiger charge is -2.26. The first kappa shape index (κ1) is 15.0. The molecule has 4 nitrogen and oxygen atoms in total. The van der Waals surface area contributed by atoms with E-state index in [1.54, 1.807) is 6.07 Å². The average Bonchev–Trinajstić information content (AvgIpc) is 2.45. The molecule has 0 bridgehead atoms. The lowest BCUT2D eigenvalue weighted by atomic mass is 9.89. The van der Waals surface area contributed by atoms with Crippen LogP contribution in [0.2, 0.25) is 0 Å². The number of nitrogens with one attached hydrogen (secondary N) is 1. The van der Waals surface area contributed by atoms with Crippen molar-refractivity contribution in [1.82, 2.24) is 0 Å². The number of anilines is 1. The van der Waals surface area contributed by atoms with Gasteiger partial charge in [-0.25, -0.2) is 0 Å². The maximum atomic E-state index is 11.1. The van der Waals surface area contributed by atoms with E-state index in [-0.39, 0.29) is 0 Å². The number of rotatable bonds is 5. The van der Waals surface area contributed by atoms with E-state index in [4.69, 9.17) is 9.84 Å². The lowest BCUT2D eigenvalue weighted by Crippen LogP contribution is -2.21. The molecule has 110 valence electrons. The number of hydrogen-bond donors (Lipinski definition) is 2. The number of aliphatic hydroxyl groups excluding tert-OH is 1. The Morgan fingerprint density at radius 3 is 3.05 bits per heavy atom. The highest BCUT2D eigenvalue weighted by molar-refractivity contribution is 5.91. The molecule has 2 atom stereocenters. The summed E-state index contributed by atoms with van der Waals surface area (Å²) in [4.78, 5) is 11.1. The fraction of sp³-hybridized carbons (Fsp3) is 0.562. The van der Waals surface area contributed by atoms with Crippen LogP contribution in [0, 0.1) is 5.92 Å². The second-order valence-corrected chi connectivity index (χ2v) is 5.61. The second kappa shape index (κ2) is 7.41. The van der Waals surface area contributed by atoms with Crippen molar-refractivity contribution in [3.8, 4) is 0 Å². The molecule has 0 aromatic heterocycles. The fourth-order valence-electron chi connectivity index (χ4n) is 2.68. The number of benzene rings is 1. The molecule has 1 fully saturated rings. The Balaban J connectivity index is 1.86. The van der Waals surface area contributed by atoms with Crippen LogP contribution >= 0.6 is 0 Å². The first-order valence-electron chi connectivity index (χ1n) is 7.28. The second-order valence-electron chi connectivity index (χ2n) is 5.61. The summed E-state index contributed by atoms with van der Waals surface area (Å²) in [7, 11) is 0. The Morgan fingerprint density at radius 2 is 2.30 bits per heavy atom. The number of carbonyl (C=O) groups excluding carboxylic acids is 1. The Kier molecular flexibility index (Phi) is 5.56. The van der Waals surface area contributed by atoms with E-state index < -0.39 is 12.5 Å². The minimum Gasteiger partial charge on any atom is -0.387 e. The van der Waals surface area contributed by atoms with Crippen LogP contribution in [0.1, 0.15) is 38.2 Å². The molecule has 1 saturated carbocycles. The summed E-state index contributed by atoms with van der Waals surface area (Å²) in [5.74, 6) is 0.355. The zero-order chi connectivity index (χ0) is 14.4. The van der Waals surface area contributed by atoms with Crippen LogP contribution < -0.4 is 5.32 Å². The Bertz CT molecular complexity index is 447. The normalized spacial score (nSPS) is 22.5. The van der Waals surface area contributed by atoms with E-state index in [1.807, 2.05) is 18.2 Å². The molecule has 1 aromatic rings. The number of hydrogen-bond acceptors (Lipinski definition) is 3. The minimum absolute atomic E-state index is 0.356. The van der Waals surface area contributed by atoms with Crippen LogP contribution in [0.15, 0.2) is 24.3 Å². The lowest BCUT2D eigenvalue weighted by molar-refractivity contribution is -0.118. The third-order valence-electron chi connectivity index (χ3n) is 3.73. The van der Waals surface area contributed by atoms with E-state index in [1.165, 1.54) is 12.8 Å². The molecular formula is C16H23NO3. The smallest absolute Gasteiger partial charge is 0.250 e. The summed E-state index contributed by atoms with van der Waals surface area (Å²) >= 11 is 0. The van der Waals surface area contributed by atoms with E-state index in [0.717, 1.165) is 24.3 Å². The topological polar surface area (TPSA) is 58.6 Å². The number of aliphatic hydroxyl groups is 1. The molecule has 2 N–H and O–H groups in total. The van der Waals surface area contributed by atoms with Crippen molar-refractivity contribution < 1.29 is 14.6 Å². The first-order chi connectivity index (χ1) is 9.67. The van der Waals surface area contributed by atoms with Gasteiger partial charge in [-0.3, -0.25) is 4.79 Å². The van der Waals surface area contributed by atoms with Gasteiger partial charge in [0.1, 0.15) is 6.61 Å². The van der Waals surface area contributed by atoms with Gasteiger partial charge in [0.15, 0.2) is 0 Å². The predicted molar refractivity (Wildman–Crippen MR) is 78.4 cm³/mol. The van der Waals surface area contributed by atoms with Gasteiger partial charge in [0.25, 0.3) is 0 Å². The molecule has 1 aliphatic carbocycles. The zero-order valence-electron chi connectivity index (χ0n) is 12.0. The number of ether oxygens (including phenoxy) is 1. The van der Waals surface area contributed by atoms with Crippen molar-refractivity contribution in [2.75, 3.05) is 11.9 Å². The minimum atomic E-state index is -0.499. The Hall–Kier alpha value is -1.39. The number of carbonyl (C=O) groups is 1. The summed E-state index contributed by atoms with van der Waals surface area (Å²) < 4.78 is 5.96. The van der Waals surface area contributed by atoms with Crippen LogP contribution in [0.25, 0.3) is 0 Å². The molecule has 0 heterocycles. The van der Waals surface area contributed by atoms with Gasteiger partial charge in [0.05, 0.1) is 12.7 Å². The van der Waals surface area contributed by atoms with Crippen molar-refractivity contribution >= 4 is 11.6 Å². The standard InChI is InChI=1S/C16H23NO3/c1-12-4-2-7-15(8-12)20-11-13-5-3-6-14(9-13)17-16(19)10-18/h3,5-6,9,12,15,18H,2,4,7-8,10-11H2,1H3,(H,17,19). The predicted octanol–water partition coefficient (Wildman–Crippen LogP) is 2.71. The third-order valence-corrected chi connectivity index (χ3v) is 3.73. The highest BCUT2D eigenvalue weighted by Crippen LogP contribution is 2.26. The molecule has 0 radical (unpaired) electrons. The number of amides is 1. The van der Waals surface area contributed by atoms with Crippen LogP contribution in [0.5, 0.6) is 0 Å². The van der Waals surface area contributed by atoms with Gasteiger partial charge < -0.3 is 15.2 Å². The molecule has 1 aromatic carbocycles. The van der Waals surface area contributed by atoms with Crippen LogP contribution in [-0.2, 0) is 16.1 Å². The molecular weight excluding hydrogens is 254 g/mol. The highest BCUT2D eigenvalue weighted by Gasteiger charge is 2.19. The largest absolute Gasteiger partial charge is 0.387 e. The maximum Gasteiger partial charge on any atom is 0.250 e. The van der Waals surface area contributed by atoms with Crippen LogP contribution in [0.3, 0.4) is 0 Å². The van der Waals surface area contributed by atoms with Crippen LogP contribution in [-0.4, -0.2) is 23.7 Å². The van der Waals surface area contributed by atoms with E-state index in [2.05, 4.69) is 12.2 Å². The van der Waals surface area contributed by atoms with Gasteiger partial charge in [-0.05, 0) is 36.5 Å². The van der Waals surface area contributed by atoms with Crippen molar-refractivity contribution in [1.29, 1.82) is 0 Å². The highest BCUT2D eigenvalue weighted by atomic mass is 16.5. The molecule has 20 heavy (non-hydrogen) atoms. The molecule has 4 heteroatoms. The van der Waals surface area contributed by atoms with Gasteiger partial charge in [-0.1, -0.05) is 31.9 Å². The molecule has 2 unspecified atom stereocenters. The summed E-state index contributed by atoms with van der Waals surface area (Å²) in [5, 5.41) is 11.4. The van der Waals surface area contributed by atoms with Gasteiger partial charge in [0, 0.05) is 5.69 Å². The van der Waals surface area contributed by atoms with Gasteiger partial charge in [0.2, 0.25) is 5.91 Å². The molecule has 1 amide bonds. The molecule has 2 rings (SSSR count). The summed E-state index contributed by atoms with van der Waals surface area (Å²) in [6.07, 6.45) is 5.20. The van der Waals surface area contributed by atoms with E-state index >= 15 is 0 Å². The molecule has 0 aliphatic heterocycles. The zero-order valence-corrected chi connectivity index (χ0v) is 12.0. The van der Waals surface area contributed by atoms with E-state index in [9.17, 15) is 4.79 Å². The Labute approximate surface area is 120 Å². The monoisotopic (exact) mass is 277 g/mol. The van der Waals surface area contributed by atoms with Gasteiger partial charge >= 0.3 is 0 Å². The summed E-state index contributed by atoms with van der Waals surface area (Å²) in [6.45, 7) is 2.35. The average molecular weight is 277 g/mol. The van der Waals surface area contributed by atoms with Crippen molar-refractivity contribution in [3.05, 3.63) is 29.8 Å². The summed E-state index contributed by atoms with van der Waals surface area (Å²) in [6, 6.07) is 7.57.